The van der Waals surface area contributed by atoms with Crippen molar-refractivity contribution in [2.75, 3.05) is 41.0 Å². The second-order valence-corrected chi connectivity index (χ2v) is 6.98. The van der Waals surface area contributed by atoms with Gasteiger partial charge in [0.15, 0.2) is 16.6 Å². The molecule has 11 heteroatoms. The van der Waals surface area contributed by atoms with Crippen LogP contribution in [0.1, 0.15) is 30.1 Å². The van der Waals surface area contributed by atoms with Crippen molar-refractivity contribution in [1.29, 1.82) is 0 Å². The van der Waals surface area contributed by atoms with E-state index in [1.807, 2.05) is 6.92 Å². The third-order valence-corrected chi connectivity index (χ3v) is 4.90. The van der Waals surface area contributed by atoms with Crippen LogP contribution in [0.3, 0.4) is 0 Å². The number of carbonyl (C=O) groups is 3. The fourth-order valence-corrected chi connectivity index (χ4v) is 3.36. The van der Waals surface area contributed by atoms with Gasteiger partial charge in [-0.3, -0.25) is 19.7 Å². The highest BCUT2D eigenvalue weighted by atomic mass is 32.1. The van der Waals surface area contributed by atoms with E-state index in [0.29, 0.717) is 36.8 Å². The predicted molar refractivity (Wildman–Crippen MR) is 116 cm³/mol. The van der Waals surface area contributed by atoms with Crippen LogP contribution in [-0.2, 0) is 14.3 Å². The Labute approximate surface area is 186 Å². The smallest absolute Gasteiger partial charge is 0.308 e. The molecule has 0 unspecified atom stereocenters. The molecular formula is C20H27N3O7S. The van der Waals surface area contributed by atoms with Crippen molar-refractivity contribution in [2.24, 2.45) is 0 Å². The Morgan fingerprint density at radius 3 is 2.39 bits per heavy atom. The lowest BCUT2D eigenvalue weighted by atomic mass is 10.1. The van der Waals surface area contributed by atoms with Crippen LogP contribution in [0.2, 0.25) is 0 Å². The molecule has 170 valence electrons. The van der Waals surface area contributed by atoms with E-state index in [1.54, 1.807) is 0 Å². The molecule has 1 aliphatic heterocycles. The van der Waals surface area contributed by atoms with E-state index in [9.17, 15) is 14.4 Å². The summed E-state index contributed by atoms with van der Waals surface area (Å²) in [5.41, 5.74) is 0.220. The summed E-state index contributed by atoms with van der Waals surface area (Å²) >= 11 is 5.37. The number of benzene rings is 1. The van der Waals surface area contributed by atoms with Crippen molar-refractivity contribution in [3.63, 3.8) is 0 Å². The van der Waals surface area contributed by atoms with Gasteiger partial charge in [-0.2, -0.15) is 0 Å². The zero-order valence-electron chi connectivity index (χ0n) is 18.0. The molecule has 0 aliphatic carbocycles. The van der Waals surface area contributed by atoms with Gasteiger partial charge in [-0.05, 0) is 30.8 Å². The summed E-state index contributed by atoms with van der Waals surface area (Å²) in [4.78, 5) is 38.7. The molecule has 0 bridgehead atoms. The van der Waals surface area contributed by atoms with E-state index in [1.165, 1.54) is 38.4 Å². The Hall–Kier alpha value is -3.08. The van der Waals surface area contributed by atoms with Crippen molar-refractivity contribution in [3.05, 3.63) is 17.7 Å². The number of hydrogen-bond donors (Lipinski definition) is 2. The van der Waals surface area contributed by atoms with Gasteiger partial charge in [-0.15, -0.1) is 0 Å². The van der Waals surface area contributed by atoms with Crippen LogP contribution in [0.25, 0.3) is 0 Å². The van der Waals surface area contributed by atoms with Crippen molar-refractivity contribution < 1.29 is 33.3 Å². The molecule has 31 heavy (non-hydrogen) atoms. The van der Waals surface area contributed by atoms with Crippen LogP contribution in [0, 0.1) is 0 Å². The highest BCUT2D eigenvalue weighted by Gasteiger charge is 2.34. The summed E-state index contributed by atoms with van der Waals surface area (Å²) in [6, 6.07) is 2.11. The first-order valence-corrected chi connectivity index (χ1v) is 10.1. The first kappa shape index (κ1) is 24.2. The molecule has 1 aliphatic rings. The van der Waals surface area contributed by atoms with Gasteiger partial charge in [0.25, 0.3) is 5.91 Å². The first-order chi connectivity index (χ1) is 14.9. The molecule has 1 fully saturated rings. The minimum atomic E-state index is -0.870. The van der Waals surface area contributed by atoms with Gasteiger partial charge in [0.05, 0.1) is 34.4 Å². The number of ether oxygens (including phenoxy) is 4. The second kappa shape index (κ2) is 11.3. The van der Waals surface area contributed by atoms with E-state index < -0.39 is 17.9 Å². The molecule has 0 saturated carbocycles. The standard InChI is InChI=1S/C20H27N3O7S/c1-5-8-30-16(24)11-13-19(26)21-6-7-23(13)20(31)22-18(25)12-9-14(27-2)17(29-4)15(10-12)28-3/h9-10,13H,5-8,11H2,1-4H3,(H,21,26)(H,22,25,31)/t13-/m1/s1. The highest BCUT2D eigenvalue weighted by Crippen LogP contribution is 2.38. The maximum atomic E-state index is 12.8. The van der Waals surface area contributed by atoms with E-state index in [-0.39, 0.29) is 29.6 Å². The number of nitrogens with zero attached hydrogens (tertiary/aromatic N) is 1. The molecule has 1 atom stereocenters. The zero-order valence-corrected chi connectivity index (χ0v) is 18.8. The third kappa shape index (κ3) is 5.97. The Morgan fingerprint density at radius 2 is 1.84 bits per heavy atom. The number of piperazine rings is 1. The number of rotatable bonds is 8. The zero-order chi connectivity index (χ0) is 23.0. The van der Waals surface area contributed by atoms with Crippen LogP contribution < -0.4 is 24.8 Å². The molecule has 2 amide bonds. The third-order valence-electron chi connectivity index (χ3n) is 4.57. The summed E-state index contributed by atoms with van der Waals surface area (Å²) < 4.78 is 20.9. The minimum Gasteiger partial charge on any atom is -0.493 e. The van der Waals surface area contributed by atoms with Gasteiger partial charge >= 0.3 is 5.97 Å². The quantitative estimate of drug-likeness (QED) is 0.437. The van der Waals surface area contributed by atoms with Gasteiger partial charge in [-0.1, -0.05) is 6.92 Å². The largest absolute Gasteiger partial charge is 0.493 e. The van der Waals surface area contributed by atoms with E-state index >= 15 is 0 Å². The van der Waals surface area contributed by atoms with Crippen molar-refractivity contribution in [2.45, 2.75) is 25.8 Å². The molecule has 1 saturated heterocycles. The molecule has 0 radical (unpaired) electrons. The Balaban J connectivity index is 2.17. The first-order valence-electron chi connectivity index (χ1n) is 9.71. The number of nitrogens with one attached hydrogen (secondary N) is 2. The summed E-state index contributed by atoms with van der Waals surface area (Å²) in [6.07, 6.45) is 0.502. The van der Waals surface area contributed by atoms with Crippen LogP contribution in [-0.4, -0.2) is 74.9 Å². The maximum absolute atomic E-state index is 12.8. The fraction of sp³-hybridized carbons (Fsp3) is 0.500. The molecule has 0 aromatic heterocycles. The molecule has 0 spiro atoms. The molecule has 10 nitrogen and oxygen atoms in total. The average molecular weight is 454 g/mol. The number of carbonyl (C=O) groups excluding carboxylic acids is 3. The summed E-state index contributed by atoms with van der Waals surface area (Å²) in [5.74, 6) is -0.416. The van der Waals surface area contributed by atoms with Gasteiger partial charge in [0, 0.05) is 18.7 Å². The van der Waals surface area contributed by atoms with Crippen molar-refractivity contribution in [1.82, 2.24) is 15.5 Å². The Kier molecular flexibility index (Phi) is 8.86. The SMILES string of the molecule is CCCOC(=O)C[C@@H]1C(=O)NCCN1C(=S)NC(=O)c1cc(OC)c(OC)c(OC)c1. The topological polar surface area (TPSA) is 115 Å². The van der Waals surface area contributed by atoms with Crippen LogP contribution in [0.4, 0.5) is 0 Å². The maximum Gasteiger partial charge on any atom is 0.308 e. The normalized spacial score (nSPS) is 15.5. The summed E-state index contributed by atoms with van der Waals surface area (Å²) in [5, 5.41) is 5.34. The van der Waals surface area contributed by atoms with Gasteiger partial charge in [0.1, 0.15) is 6.04 Å². The number of hydrogen-bond acceptors (Lipinski definition) is 8. The highest BCUT2D eigenvalue weighted by molar-refractivity contribution is 7.80. The van der Waals surface area contributed by atoms with Crippen molar-refractivity contribution >= 4 is 35.1 Å². The lowest BCUT2D eigenvalue weighted by molar-refractivity contribution is -0.147. The van der Waals surface area contributed by atoms with E-state index in [2.05, 4.69) is 10.6 Å². The lowest BCUT2D eigenvalue weighted by Crippen LogP contribution is -2.60. The molecule has 1 aromatic carbocycles. The van der Waals surface area contributed by atoms with Gasteiger partial charge < -0.3 is 29.2 Å². The van der Waals surface area contributed by atoms with E-state index in [4.69, 9.17) is 31.2 Å². The molecule has 1 aromatic rings. The molecular weight excluding hydrogens is 426 g/mol. The van der Waals surface area contributed by atoms with Crippen molar-refractivity contribution in [3.8, 4) is 17.2 Å². The number of methoxy groups -OCH3 is 3. The Bertz CT molecular complexity index is 821. The molecule has 2 rings (SSSR count). The second-order valence-electron chi connectivity index (χ2n) is 6.60. The monoisotopic (exact) mass is 453 g/mol. The average Bonchev–Trinajstić information content (AvgIpc) is 2.77. The minimum absolute atomic E-state index is 0.0295. The van der Waals surface area contributed by atoms with Crippen LogP contribution >= 0.6 is 12.2 Å². The van der Waals surface area contributed by atoms with Crippen LogP contribution in [0.15, 0.2) is 12.1 Å². The number of esters is 1. The molecule has 1 heterocycles. The Morgan fingerprint density at radius 1 is 1.19 bits per heavy atom. The summed E-state index contributed by atoms with van der Waals surface area (Å²) in [7, 11) is 4.35. The number of amides is 2. The lowest BCUT2D eigenvalue weighted by Gasteiger charge is -2.36. The van der Waals surface area contributed by atoms with E-state index in [0.717, 1.165) is 0 Å². The predicted octanol–water partition coefficient (Wildman–Crippen LogP) is 0.871. The molecule has 2 N–H and O–H groups in total. The fourth-order valence-electron chi connectivity index (χ4n) is 3.05. The van der Waals surface area contributed by atoms with Crippen LogP contribution in [0.5, 0.6) is 17.2 Å². The number of thiocarbonyl (C=S) groups is 1. The summed E-state index contributed by atoms with van der Waals surface area (Å²) in [6.45, 7) is 2.82. The van der Waals surface area contributed by atoms with Gasteiger partial charge in [0.2, 0.25) is 11.7 Å². The van der Waals surface area contributed by atoms with Gasteiger partial charge in [-0.25, -0.2) is 0 Å².